The summed E-state index contributed by atoms with van der Waals surface area (Å²) in [6, 6.07) is 13.7. The molecule has 0 aliphatic carbocycles. The molecule has 0 aliphatic heterocycles. The van der Waals surface area contributed by atoms with Gasteiger partial charge in [0, 0.05) is 4.47 Å². The molecule has 0 unspecified atom stereocenters. The summed E-state index contributed by atoms with van der Waals surface area (Å²) >= 11 is 6.59. The van der Waals surface area contributed by atoms with Crippen LogP contribution in [0.25, 0.3) is 0 Å². The first kappa shape index (κ1) is 13.1. The van der Waals surface area contributed by atoms with Gasteiger partial charge in [-0.1, -0.05) is 24.3 Å². The van der Waals surface area contributed by atoms with Crippen LogP contribution < -0.4 is 3.93 Å². The Labute approximate surface area is 122 Å². The van der Waals surface area contributed by atoms with E-state index in [-0.39, 0.29) is 17.2 Å². The van der Waals surface area contributed by atoms with Crippen LogP contribution in [0.2, 0.25) is 0 Å². The fourth-order valence-electron chi connectivity index (χ4n) is 1.48. The number of para-hydroxylation sites is 2. The Kier molecular flexibility index (Phi) is 4.04. The average molecular weight is 371 g/mol. The third-order valence-electron chi connectivity index (χ3n) is 2.38. The van der Waals surface area contributed by atoms with Gasteiger partial charge in [-0.25, -0.2) is 3.93 Å². The fourth-order valence-corrected chi connectivity index (χ4v) is 2.68. The number of phenolic OH excluding ortho intramolecular Hbond substituents is 1. The maximum atomic E-state index is 12.2. The van der Waals surface area contributed by atoms with E-state index < -0.39 is 0 Å². The van der Waals surface area contributed by atoms with Gasteiger partial charge in [-0.2, -0.15) is 0 Å². The first-order chi connectivity index (χ1) is 8.61. The Balaban J connectivity index is 2.36. The second-order valence-electron chi connectivity index (χ2n) is 3.55. The van der Waals surface area contributed by atoms with Crippen molar-refractivity contribution in [2.75, 3.05) is 3.93 Å². The zero-order valence-corrected chi connectivity index (χ0v) is 12.3. The SMILES string of the molecule is O=C(c1ccccc1O)N(Br)c1ccccc1Br. The minimum absolute atomic E-state index is 0.0426. The van der Waals surface area contributed by atoms with E-state index in [2.05, 4.69) is 32.1 Å². The number of rotatable bonds is 2. The summed E-state index contributed by atoms with van der Waals surface area (Å²) in [5.74, 6) is -0.376. The van der Waals surface area contributed by atoms with Crippen LogP contribution in [0.1, 0.15) is 10.4 Å². The Morgan fingerprint density at radius 3 is 2.33 bits per heavy atom. The van der Waals surface area contributed by atoms with Crippen molar-refractivity contribution in [2.45, 2.75) is 0 Å². The Hall–Kier alpha value is -1.33. The first-order valence-electron chi connectivity index (χ1n) is 5.14. The Morgan fingerprint density at radius 1 is 1.06 bits per heavy atom. The summed E-state index contributed by atoms with van der Waals surface area (Å²) < 4.78 is 2.09. The van der Waals surface area contributed by atoms with E-state index in [4.69, 9.17) is 0 Å². The largest absolute Gasteiger partial charge is 0.507 e. The summed E-state index contributed by atoms with van der Waals surface area (Å²) in [7, 11) is 0. The summed E-state index contributed by atoms with van der Waals surface area (Å²) in [6.07, 6.45) is 0. The zero-order valence-electron chi connectivity index (χ0n) is 9.18. The van der Waals surface area contributed by atoms with E-state index in [9.17, 15) is 9.90 Å². The van der Waals surface area contributed by atoms with Crippen molar-refractivity contribution in [1.82, 2.24) is 0 Å². The molecular weight excluding hydrogens is 362 g/mol. The highest BCUT2D eigenvalue weighted by atomic mass is 79.9. The average Bonchev–Trinajstić information content (AvgIpc) is 2.38. The van der Waals surface area contributed by atoms with Crippen LogP contribution in [0.4, 0.5) is 5.69 Å². The van der Waals surface area contributed by atoms with Crippen molar-refractivity contribution in [1.29, 1.82) is 0 Å². The zero-order chi connectivity index (χ0) is 13.1. The smallest absolute Gasteiger partial charge is 0.272 e. The molecule has 0 saturated heterocycles. The molecule has 0 aliphatic rings. The summed E-state index contributed by atoms with van der Waals surface area (Å²) in [6.45, 7) is 0. The molecule has 0 bridgehead atoms. The number of benzene rings is 2. The molecule has 0 atom stereocenters. The van der Waals surface area contributed by atoms with Crippen LogP contribution in [-0.2, 0) is 0 Å². The standard InChI is InChI=1S/C13H9Br2NO2/c14-10-6-2-3-7-11(10)16(15)13(18)9-5-1-4-8-12(9)17/h1-8,17H. The minimum atomic E-state index is -0.333. The fraction of sp³-hybridized carbons (Fsp3) is 0. The lowest BCUT2D eigenvalue weighted by Gasteiger charge is -2.16. The van der Waals surface area contributed by atoms with Crippen LogP contribution >= 0.6 is 32.1 Å². The molecule has 92 valence electrons. The van der Waals surface area contributed by atoms with Gasteiger partial charge in [-0.15, -0.1) is 0 Å². The summed E-state index contributed by atoms with van der Waals surface area (Å²) in [4.78, 5) is 12.2. The number of hydrogen-bond acceptors (Lipinski definition) is 2. The van der Waals surface area contributed by atoms with Crippen molar-refractivity contribution >= 4 is 43.7 Å². The van der Waals surface area contributed by atoms with Gasteiger partial charge in [0.15, 0.2) is 0 Å². The maximum absolute atomic E-state index is 12.2. The quantitative estimate of drug-likeness (QED) is 0.808. The molecule has 3 nitrogen and oxygen atoms in total. The van der Waals surface area contributed by atoms with Gasteiger partial charge in [-0.3, -0.25) is 4.79 Å². The first-order valence-corrected chi connectivity index (χ1v) is 6.64. The van der Waals surface area contributed by atoms with E-state index in [0.717, 1.165) is 4.47 Å². The molecule has 1 N–H and O–H groups in total. The number of phenols is 1. The molecule has 2 aromatic carbocycles. The van der Waals surface area contributed by atoms with E-state index in [1.807, 2.05) is 18.2 Å². The van der Waals surface area contributed by atoms with Gasteiger partial charge in [0.05, 0.1) is 27.4 Å². The second-order valence-corrected chi connectivity index (χ2v) is 5.12. The number of hydrogen-bond donors (Lipinski definition) is 1. The third-order valence-corrected chi connectivity index (χ3v) is 3.75. The molecule has 18 heavy (non-hydrogen) atoms. The van der Waals surface area contributed by atoms with Crippen molar-refractivity contribution in [3.8, 4) is 5.75 Å². The second kappa shape index (κ2) is 5.54. The van der Waals surface area contributed by atoms with Gasteiger partial charge in [0.2, 0.25) is 0 Å². The molecule has 2 aromatic rings. The monoisotopic (exact) mass is 369 g/mol. The molecule has 0 aromatic heterocycles. The van der Waals surface area contributed by atoms with Gasteiger partial charge >= 0.3 is 0 Å². The predicted molar refractivity (Wildman–Crippen MR) is 78.0 cm³/mol. The van der Waals surface area contributed by atoms with Crippen molar-refractivity contribution in [3.05, 3.63) is 58.6 Å². The number of nitrogens with zero attached hydrogens (tertiary/aromatic N) is 1. The lowest BCUT2D eigenvalue weighted by atomic mass is 10.2. The number of anilines is 1. The molecule has 5 heteroatoms. The molecule has 0 saturated carbocycles. The van der Waals surface area contributed by atoms with Gasteiger partial charge in [0.1, 0.15) is 5.75 Å². The van der Waals surface area contributed by atoms with Crippen LogP contribution in [0.5, 0.6) is 5.75 Å². The molecule has 2 rings (SSSR count). The normalized spacial score (nSPS) is 10.1. The molecule has 0 heterocycles. The highest BCUT2D eigenvalue weighted by Crippen LogP contribution is 2.30. The number of amides is 1. The van der Waals surface area contributed by atoms with Crippen LogP contribution in [-0.4, -0.2) is 11.0 Å². The minimum Gasteiger partial charge on any atom is -0.507 e. The molecule has 0 radical (unpaired) electrons. The highest BCUT2D eigenvalue weighted by Gasteiger charge is 2.19. The molecule has 0 fully saturated rings. The number of halogens is 2. The summed E-state index contributed by atoms with van der Waals surface area (Å²) in [5.41, 5.74) is 0.913. The molecule has 0 spiro atoms. The van der Waals surface area contributed by atoms with Crippen LogP contribution in [0.3, 0.4) is 0 Å². The Bertz CT molecular complexity index is 587. The van der Waals surface area contributed by atoms with Crippen molar-refractivity contribution in [2.24, 2.45) is 0 Å². The topological polar surface area (TPSA) is 40.5 Å². The van der Waals surface area contributed by atoms with Gasteiger partial charge in [0.25, 0.3) is 5.91 Å². The van der Waals surface area contributed by atoms with Crippen molar-refractivity contribution in [3.63, 3.8) is 0 Å². The number of carbonyl (C=O) groups excluding carboxylic acids is 1. The van der Waals surface area contributed by atoms with E-state index in [1.165, 1.54) is 9.99 Å². The van der Waals surface area contributed by atoms with E-state index in [0.29, 0.717) is 5.69 Å². The highest BCUT2D eigenvalue weighted by molar-refractivity contribution is 9.11. The lowest BCUT2D eigenvalue weighted by Crippen LogP contribution is -2.20. The van der Waals surface area contributed by atoms with Crippen LogP contribution in [0, 0.1) is 0 Å². The van der Waals surface area contributed by atoms with Gasteiger partial charge < -0.3 is 5.11 Å². The van der Waals surface area contributed by atoms with Gasteiger partial charge in [-0.05, 0) is 40.2 Å². The Morgan fingerprint density at radius 2 is 1.67 bits per heavy atom. The maximum Gasteiger partial charge on any atom is 0.272 e. The van der Waals surface area contributed by atoms with Crippen LogP contribution in [0.15, 0.2) is 53.0 Å². The summed E-state index contributed by atoms with van der Waals surface area (Å²) in [5, 5.41) is 9.67. The number of carbonyl (C=O) groups is 1. The predicted octanol–water partition coefficient (Wildman–Crippen LogP) is 4.11. The molecule has 1 amide bonds. The van der Waals surface area contributed by atoms with E-state index >= 15 is 0 Å². The van der Waals surface area contributed by atoms with Crippen molar-refractivity contribution < 1.29 is 9.90 Å². The molecular formula is C13H9Br2NO2. The van der Waals surface area contributed by atoms with E-state index in [1.54, 1.807) is 24.3 Å². The third kappa shape index (κ3) is 2.57. The number of aromatic hydroxyl groups is 1. The lowest BCUT2D eigenvalue weighted by molar-refractivity contribution is 0.101.